The highest BCUT2D eigenvalue weighted by Gasteiger charge is 2.17. The number of nitrogens with one attached hydrogen (secondary N) is 2. The van der Waals surface area contributed by atoms with Crippen LogP contribution >= 0.6 is 11.5 Å². The highest BCUT2D eigenvalue weighted by Crippen LogP contribution is 2.24. The molecule has 0 radical (unpaired) electrons. The lowest BCUT2D eigenvalue weighted by Crippen LogP contribution is -2.32. The van der Waals surface area contributed by atoms with Gasteiger partial charge in [0.15, 0.2) is 0 Å². The normalized spacial score (nSPS) is 11.9. The first-order valence-electron chi connectivity index (χ1n) is 6.18. The molecular formula is C12H19N3O3S. The number of rotatable bonds is 7. The van der Waals surface area contributed by atoms with Crippen LogP contribution in [0.2, 0.25) is 0 Å². The molecule has 19 heavy (non-hydrogen) atoms. The van der Waals surface area contributed by atoms with E-state index in [0.717, 1.165) is 18.0 Å². The first-order chi connectivity index (χ1) is 8.95. The maximum absolute atomic E-state index is 11.5. The monoisotopic (exact) mass is 285 g/mol. The van der Waals surface area contributed by atoms with E-state index in [1.165, 1.54) is 0 Å². The Morgan fingerprint density at radius 1 is 1.47 bits per heavy atom. The summed E-state index contributed by atoms with van der Waals surface area (Å²) in [6, 6.07) is 0.160. The number of aromatic carboxylic acids is 1. The van der Waals surface area contributed by atoms with Gasteiger partial charge in [-0.05, 0) is 31.8 Å². The van der Waals surface area contributed by atoms with Crippen molar-refractivity contribution in [3.63, 3.8) is 0 Å². The first-order valence-corrected chi connectivity index (χ1v) is 6.95. The first kappa shape index (κ1) is 15.4. The average molecular weight is 285 g/mol. The number of anilines is 1. The molecule has 7 heteroatoms. The van der Waals surface area contributed by atoms with E-state index in [2.05, 4.69) is 15.0 Å². The zero-order chi connectivity index (χ0) is 14.4. The third kappa shape index (κ3) is 4.51. The Morgan fingerprint density at radius 3 is 2.74 bits per heavy atom. The van der Waals surface area contributed by atoms with Crippen LogP contribution in [0.15, 0.2) is 0 Å². The topological polar surface area (TPSA) is 91.3 Å². The van der Waals surface area contributed by atoms with Gasteiger partial charge in [-0.15, -0.1) is 0 Å². The number of carbonyl (C=O) groups is 2. The van der Waals surface area contributed by atoms with Crippen LogP contribution in [-0.2, 0) is 4.79 Å². The van der Waals surface area contributed by atoms with Crippen molar-refractivity contribution in [1.82, 2.24) is 9.69 Å². The number of carboxylic acids is 1. The lowest BCUT2D eigenvalue weighted by Gasteiger charge is -2.11. The van der Waals surface area contributed by atoms with Crippen LogP contribution in [0.4, 0.5) is 5.00 Å². The maximum atomic E-state index is 11.5. The molecule has 0 fully saturated rings. The number of hydrogen-bond donors (Lipinski definition) is 3. The minimum absolute atomic E-state index is 0.0417. The molecule has 6 nitrogen and oxygen atoms in total. The largest absolute Gasteiger partial charge is 0.478 e. The molecule has 1 aromatic rings. The van der Waals surface area contributed by atoms with Crippen molar-refractivity contribution in [2.24, 2.45) is 0 Å². The van der Waals surface area contributed by atoms with Crippen LogP contribution in [0, 0.1) is 6.92 Å². The molecule has 106 valence electrons. The van der Waals surface area contributed by atoms with Gasteiger partial charge in [0.1, 0.15) is 10.6 Å². The van der Waals surface area contributed by atoms with Gasteiger partial charge in [0, 0.05) is 19.0 Å². The van der Waals surface area contributed by atoms with Gasteiger partial charge >= 0.3 is 5.97 Å². The van der Waals surface area contributed by atoms with Crippen molar-refractivity contribution in [3.8, 4) is 0 Å². The average Bonchev–Trinajstić information content (AvgIpc) is 2.70. The van der Waals surface area contributed by atoms with Crippen molar-refractivity contribution in [2.45, 2.75) is 39.7 Å². The van der Waals surface area contributed by atoms with Crippen molar-refractivity contribution >= 4 is 28.4 Å². The molecule has 0 saturated heterocycles. The van der Waals surface area contributed by atoms with Crippen LogP contribution in [-0.4, -0.2) is 33.9 Å². The van der Waals surface area contributed by atoms with Gasteiger partial charge < -0.3 is 15.7 Å². The van der Waals surface area contributed by atoms with Crippen molar-refractivity contribution in [3.05, 3.63) is 11.3 Å². The molecular weight excluding hydrogens is 266 g/mol. The fourth-order valence-electron chi connectivity index (χ4n) is 1.48. The quantitative estimate of drug-likeness (QED) is 0.711. The Morgan fingerprint density at radius 2 is 2.16 bits per heavy atom. The second-order valence-electron chi connectivity index (χ2n) is 4.33. The van der Waals surface area contributed by atoms with E-state index < -0.39 is 5.97 Å². The summed E-state index contributed by atoms with van der Waals surface area (Å²) in [5.74, 6) is -1.04. The number of nitrogens with zero attached hydrogens (tertiary/aromatic N) is 1. The van der Waals surface area contributed by atoms with Gasteiger partial charge in [0.05, 0.1) is 5.69 Å². The minimum atomic E-state index is -1.00. The fourth-order valence-corrected chi connectivity index (χ4v) is 2.29. The summed E-state index contributed by atoms with van der Waals surface area (Å²) >= 11 is 1.10. The van der Waals surface area contributed by atoms with Crippen molar-refractivity contribution in [1.29, 1.82) is 0 Å². The lowest BCUT2D eigenvalue weighted by atomic mass is 10.2. The SMILES string of the molecule is CCC(C)NC(=O)CCNc1snc(C)c1C(=O)O. The summed E-state index contributed by atoms with van der Waals surface area (Å²) in [5, 5.41) is 15.3. The lowest BCUT2D eigenvalue weighted by molar-refractivity contribution is -0.121. The van der Waals surface area contributed by atoms with E-state index in [-0.39, 0.29) is 17.5 Å². The molecule has 1 atom stereocenters. The minimum Gasteiger partial charge on any atom is -0.478 e. The number of hydrogen-bond acceptors (Lipinski definition) is 5. The number of carboxylic acid groups (broad SMARTS) is 1. The van der Waals surface area contributed by atoms with Crippen LogP contribution in [0.1, 0.15) is 42.7 Å². The Kier molecular flexibility index (Phi) is 5.75. The molecule has 0 aliphatic carbocycles. The summed E-state index contributed by atoms with van der Waals surface area (Å²) in [4.78, 5) is 22.6. The molecule has 0 bridgehead atoms. The number of aromatic nitrogens is 1. The molecule has 0 saturated carbocycles. The highest BCUT2D eigenvalue weighted by molar-refractivity contribution is 7.10. The van der Waals surface area contributed by atoms with E-state index in [4.69, 9.17) is 5.11 Å². The molecule has 1 heterocycles. The standard InChI is InChI=1S/C12H19N3O3S/c1-4-7(2)14-9(16)5-6-13-11-10(12(17)18)8(3)15-19-11/h7,13H,4-6H2,1-3H3,(H,14,16)(H,17,18). The number of carbonyl (C=O) groups excluding carboxylic acids is 1. The summed E-state index contributed by atoms with van der Waals surface area (Å²) in [6.45, 7) is 5.99. The third-order valence-corrected chi connectivity index (χ3v) is 3.63. The smallest absolute Gasteiger partial charge is 0.340 e. The van der Waals surface area contributed by atoms with Gasteiger partial charge in [-0.3, -0.25) is 4.79 Å². The summed E-state index contributed by atoms with van der Waals surface area (Å²) < 4.78 is 4.00. The molecule has 0 aromatic carbocycles. The Bertz CT molecular complexity index is 459. The Labute approximate surface area is 116 Å². The van der Waals surface area contributed by atoms with Crippen molar-refractivity contribution in [2.75, 3.05) is 11.9 Å². The summed E-state index contributed by atoms with van der Waals surface area (Å²) in [6.07, 6.45) is 1.19. The molecule has 0 aliphatic rings. The van der Waals surface area contributed by atoms with E-state index in [9.17, 15) is 9.59 Å². The van der Waals surface area contributed by atoms with Gasteiger partial charge in [-0.1, -0.05) is 6.92 Å². The number of aryl methyl sites for hydroxylation is 1. The molecule has 1 aromatic heterocycles. The van der Waals surface area contributed by atoms with Crippen molar-refractivity contribution < 1.29 is 14.7 Å². The van der Waals surface area contributed by atoms with E-state index >= 15 is 0 Å². The van der Waals surface area contributed by atoms with Crippen LogP contribution in [0.5, 0.6) is 0 Å². The predicted molar refractivity (Wildman–Crippen MR) is 74.8 cm³/mol. The van der Waals surface area contributed by atoms with Crippen LogP contribution in [0.3, 0.4) is 0 Å². The van der Waals surface area contributed by atoms with E-state index in [0.29, 0.717) is 23.7 Å². The van der Waals surface area contributed by atoms with Gasteiger partial charge in [0.2, 0.25) is 5.91 Å². The second kappa shape index (κ2) is 7.08. The van der Waals surface area contributed by atoms with Crippen LogP contribution < -0.4 is 10.6 Å². The summed E-state index contributed by atoms with van der Waals surface area (Å²) in [5.41, 5.74) is 0.677. The zero-order valence-electron chi connectivity index (χ0n) is 11.3. The van der Waals surface area contributed by atoms with Crippen LogP contribution in [0.25, 0.3) is 0 Å². The number of amides is 1. The molecule has 1 rings (SSSR count). The fraction of sp³-hybridized carbons (Fsp3) is 0.583. The third-order valence-electron chi connectivity index (χ3n) is 2.73. The zero-order valence-corrected chi connectivity index (χ0v) is 12.1. The highest BCUT2D eigenvalue weighted by atomic mass is 32.1. The molecule has 1 unspecified atom stereocenters. The predicted octanol–water partition coefficient (Wildman–Crippen LogP) is 1.87. The Hall–Kier alpha value is -1.63. The second-order valence-corrected chi connectivity index (χ2v) is 5.10. The van der Waals surface area contributed by atoms with Gasteiger partial charge in [0.25, 0.3) is 0 Å². The molecule has 3 N–H and O–H groups in total. The van der Waals surface area contributed by atoms with Gasteiger partial charge in [-0.25, -0.2) is 4.79 Å². The molecule has 0 spiro atoms. The molecule has 1 amide bonds. The van der Waals surface area contributed by atoms with E-state index in [1.807, 2.05) is 13.8 Å². The molecule has 0 aliphatic heterocycles. The van der Waals surface area contributed by atoms with E-state index in [1.54, 1.807) is 6.92 Å². The Balaban J connectivity index is 2.46. The van der Waals surface area contributed by atoms with Gasteiger partial charge in [-0.2, -0.15) is 4.37 Å². The summed E-state index contributed by atoms with van der Waals surface area (Å²) in [7, 11) is 0. The maximum Gasteiger partial charge on any atom is 0.340 e.